The first kappa shape index (κ1) is 29.8. The number of ether oxygens (including phenoxy) is 2. The van der Waals surface area contributed by atoms with Crippen molar-refractivity contribution in [2.75, 3.05) is 32.6 Å². The van der Waals surface area contributed by atoms with Crippen LogP contribution in [0.3, 0.4) is 0 Å². The smallest absolute Gasteiger partial charge is 0.344 e. The van der Waals surface area contributed by atoms with E-state index in [1.165, 1.54) is 6.92 Å². The van der Waals surface area contributed by atoms with Crippen molar-refractivity contribution in [1.82, 2.24) is 5.32 Å². The van der Waals surface area contributed by atoms with Gasteiger partial charge in [0.05, 0.1) is 32.6 Å². The van der Waals surface area contributed by atoms with E-state index in [1.54, 1.807) is 27.7 Å². The van der Waals surface area contributed by atoms with E-state index < -0.39 is 31.0 Å². The Bertz CT molecular complexity index is 858. The number of carbonyl (C=O) groups is 3. The second kappa shape index (κ2) is 14.2. The number of amides is 1. The van der Waals surface area contributed by atoms with Gasteiger partial charge >= 0.3 is 19.5 Å². The third-order valence-corrected chi connectivity index (χ3v) is 7.15. The molecule has 0 aliphatic heterocycles. The lowest BCUT2D eigenvalue weighted by atomic mass is 9.86. The molecule has 192 valence electrons. The van der Waals surface area contributed by atoms with Gasteiger partial charge in [-0.15, -0.1) is 0 Å². The van der Waals surface area contributed by atoms with Gasteiger partial charge in [0.15, 0.2) is 0 Å². The Balaban J connectivity index is 3.33. The van der Waals surface area contributed by atoms with Crippen LogP contribution in [0.5, 0.6) is 0 Å². The van der Waals surface area contributed by atoms with Crippen molar-refractivity contribution in [3.05, 3.63) is 34.9 Å². The first-order chi connectivity index (χ1) is 16.1. The highest BCUT2D eigenvalue weighted by Crippen LogP contribution is 2.48. The molecular weight excluding hydrogens is 461 g/mol. The van der Waals surface area contributed by atoms with Gasteiger partial charge < -0.3 is 23.8 Å². The van der Waals surface area contributed by atoms with E-state index in [4.69, 9.17) is 18.5 Å². The molecule has 1 aromatic rings. The maximum absolute atomic E-state index is 13.0. The van der Waals surface area contributed by atoms with Crippen LogP contribution in [0.1, 0.15) is 57.7 Å². The molecule has 1 rings (SSSR count). The van der Waals surface area contributed by atoms with Crippen molar-refractivity contribution < 1.29 is 37.5 Å². The molecule has 0 saturated carbocycles. The summed E-state index contributed by atoms with van der Waals surface area (Å²) in [6, 6.07) is 5.67. The first-order valence-corrected chi connectivity index (χ1v) is 13.4. The number of benzene rings is 1. The van der Waals surface area contributed by atoms with Crippen LogP contribution in [0.25, 0.3) is 0 Å². The van der Waals surface area contributed by atoms with E-state index in [1.807, 2.05) is 25.1 Å². The van der Waals surface area contributed by atoms with Crippen LogP contribution < -0.4 is 5.32 Å². The monoisotopic (exact) mass is 499 g/mol. The number of esters is 2. The van der Waals surface area contributed by atoms with E-state index in [0.29, 0.717) is 18.4 Å². The molecule has 0 atom stereocenters. The number of carbonyl (C=O) groups excluding carboxylic acids is 3. The fraction of sp³-hybridized carbons (Fsp3) is 0.625. The van der Waals surface area contributed by atoms with Crippen molar-refractivity contribution in [1.29, 1.82) is 0 Å². The van der Waals surface area contributed by atoms with Gasteiger partial charge in [-0.2, -0.15) is 0 Å². The summed E-state index contributed by atoms with van der Waals surface area (Å²) in [5, 5.41) is 2.50. The van der Waals surface area contributed by atoms with Gasteiger partial charge in [0, 0.05) is 13.3 Å². The minimum absolute atomic E-state index is 0.0321. The molecule has 10 heteroatoms. The molecule has 1 N–H and O–H groups in total. The Morgan fingerprint density at radius 3 is 1.94 bits per heavy atom. The molecule has 0 radical (unpaired) electrons. The highest BCUT2D eigenvalue weighted by atomic mass is 31.2. The van der Waals surface area contributed by atoms with Crippen molar-refractivity contribution >= 4 is 25.4 Å². The molecule has 9 nitrogen and oxygen atoms in total. The highest BCUT2D eigenvalue weighted by Gasteiger charge is 2.50. The lowest BCUT2D eigenvalue weighted by Gasteiger charge is -2.30. The van der Waals surface area contributed by atoms with Crippen LogP contribution in [0, 0.1) is 6.92 Å². The van der Waals surface area contributed by atoms with E-state index >= 15 is 0 Å². The first-order valence-electron chi connectivity index (χ1n) is 11.7. The Labute approximate surface area is 202 Å². The third-order valence-electron chi connectivity index (χ3n) is 4.98. The summed E-state index contributed by atoms with van der Waals surface area (Å²) in [4.78, 5) is 38.0. The predicted molar refractivity (Wildman–Crippen MR) is 129 cm³/mol. The Morgan fingerprint density at radius 2 is 1.47 bits per heavy atom. The van der Waals surface area contributed by atoms with E-state index in [9.17, 15) is 18.9 Å². The van der Waals surface area contributed by atoms with Crippen molar-refractivity contribution in [2.45, 2.75) is 66.3 Å². The number of hydrogen-bond acceptors (Lipinski definition) is 8. The Morgan fingerprint density at radius 1 is 0.912 bits per heavy atom. The van der Waals surface area contributed by atoms with Gasteiger partial charge in [-0.25, -0.2) is 9.59 Å². The summed E-state index contributed by atoms with van der Waals surface area (Å²) < 4.78 is 33.9. The average molecular weight is 500 g/mol. The van der Waals surface area contributed by atoms with Crippen LogP contribution in [0.4, 0.5) is 0 Å². The van der Waals surface area contributed by atoms with Gasteiger partial charge in [0.2, 0.25) is 11.4 Å². The van der Waals surface area contributed by atoms with Crippen molar-refractivity contribution in [3.63, 3.8) is 0 Å². The normalized spacial score (nSPS) is 11.7. The van der Waals surface area contributed by atoms with Gasteiger partial charge in [0.1, 0.15) is 0 Å². The molecule has 0 bridgehead atoms. The summed E-state index contributed by atoms with van der Waals surface area (Å²) in [5.74, 6) is -2.33. The zero-order chi connectivity index (χ0) is 25.8. The molecule has 1 amide bonds. The maximum atomic E-state index is 13.0. The summed E-state index contributed by atoms with van der Waals surface area (Å²) in [7, 11) is -3.20. The van der Waals surface area contributed by atoms with Gasteiger partial charge in [0.25, 0.3) is 0 Å². The lowest BCUT2D eigenvalue weighted by molar-refractivity contribution is -0.168. The van der Waals surface area contributed by atoms with Crippen LogP contribution in [-0.4, -0.2) is 56.0 Å². The molecule has 0 saturated heterocycles. The molecule has 0 spiro atoms. The zero-order valence-electron chi connectivity index (χ0n) is 21.1. The molecule has 0 heterocycles. The second-order valence-electron chi connectivity index (χ2n) is 7.75. The topological polar surface area (TPSA) is 117 Å². The SMILES string of the molecule is CCOC(=O)C(Cc1cc(C)ccc1CCCP(=O)(OCC)OCC)(NC(C)=O)C(=O)OCC. The van der Waals surface area contributed by atoms with Crippen molar-refractivity contribution in [3.8, 4) is 0 Å². The summed E-state index contributed by atoms with van der Waals surface area (Å²) in [6.45, 7) is 10.5. The molecule has 0 aromatic heterocycles. The van der Waals surface area contributed by atoms with Crippen LogP contribution in [-0.2, 0) is 50.3 Å². The molecule has 34 heavy (non-hydrogen) atoms. The number of aryl methyl sites for hydroxylation is 2. The zero-order valence-corrected chi connectivity index (χ0v) is 22.0. The van der Waals surface area contributed by atoms with Gasteiger partial charge in [-0.1, -0.05) is 23.8 Å². The van der Waals surface area contributed by atoms with Crippen molar-refractivity contribution in [2.24, 2.45) is 0 Å². The minimum Gasteiger partial charge on any atom is -0.464 e. The molecule has 0 unspecified atom stereocenters. The summed E-state index contributed by atoms with van der Waals surface area (Å²) in [6.07, 6.45) is 1.09. The molecule has 0 fully saturated rings. The molecular formula is C24H38NO8P. The van der Waals surface area contributed by atoms with Gasteiger partial charge in [-0.3, -0.25) is 9.36 Å². The number of nitrogens with one attached hydrogen (secondary N) is 1. The third kappa shape index (κ3) is 8.53. The largest absolute Gasteiger partial charge is 0.464 e. The molecule has 1 aromatic carbocycles. The van der Waals surface area contributed by atoms with E-state index in [0.717, 1.165) is 11.1 Å². The predicted octanol–water partition coefficient (Wildman–Crippen LogP) is 3.74. The Hall–Kier alpha value is -2.22. The van der Waals surface area contributed by atoms with Crippen LogP contribution >= 0.6 is 7.60 Å². The van der Waals surface area contributed by atoms with Crippen LogP contribution in [0.2, 0.25) is 0 Å². The fourth-order valence-electron chi connectivity index (χ4n) is 3.65. The summed E-state index contributed by atoms with van der Waals surface area (Å²) >= 11 is 0. The number of hydrogen-bond donors (Lipinski definition) is 1. The Kier molecular flexibility index (Phi) is 12.5. The van der Waals surface area contributed by atoms with Gasteiger partial charge in [-0.05, 0) is 58.6 Å². The van der Waals surface area contributed by atoms with Crippen LogP contribution in [0.15, 0.2) is 18.2 Å². The van der Waals surface area contributed by atoms with E-state index in [2.05, 4.69) is 5.32 Å². The number of rotatable bonds is 15. The van der Waals surface area contributed by atoms with E-state index in [-0.39, 0.29) is 39.0 Å². The minimum atomic E-state index is -3.20. The average Bonchev–Trinajstić information content (AvgIpc) is 2.75. The standard InChI is InChI=1S/C24H38NO8P/c1-7-30-22(27)24(25-19(6)26,23(28)31-8-2)17-21-16-18(5)13-14-20(21)12-11-15-34(29,32-9-3)33-10-4/h13-14,16H,7-12,15,17H2,1-6H3,(H,25,26). The molecule has 0 aliphatic rings. The summed E-state index contributed by atoms with van der Waals surface area (Å²) in [5.41, 5.74) is 0.412. The fourth-order valence-corrected chi connectivity index (χ4v) is 5.32. The molecule has 0 aliphatic carbocycles. The lowest BCUT2D eigenvalue weighted by Crippen LogP contribution is -2.62. The highest BCUT2D eigenvalue weighted by molar-refractivity contribution is 7.53. The quantitative estimate of drug-likeness (QED) is 0.220. The maximum Gasteiger partial charge on any atom is 0.344 e. The second-order valence-corrected chi connectivity index (χ2v) is 9.94.